The van der Waals surface area contributed by atoms with E-state index in [-0.39, 0.29) is 5.91 Å². The van der Waals surface area contributed by atoms with E-state index in [4.69, 9.17) is 0 Å². The molecule has 0 unspecified atom stereocenters. The maximum Gasteiger partial charge on any atom is 0.270 e. The lowest BCUT2D eigenvalue weighted by Crippen LogP contribution is -2.34. The number of aryl methyl sites for hydroxylation is 1. The highest BCUT2D eigenvalue weighted by Gasteiger charge is 2.24. The Labute approximate surface area is 130 Å². The summed E-state index contributed by atoms with van der Waals surface area (Å²) in [7, 11) is 5.87. The van der Waals surface area contributed by atoms with E-state index in [1.165, 1.54) is 0 Å². The fraction of sp³-hybridized carbons (Fsp3) is 0.438. The first-order chi connectivity index (χ1) is 10.6. The molecular weight excluding hydrogens is 278 g/mol. The molecule has 0 aromatic carbocycles. The lowest BCUT2D eigenvalue weighted by molar-refractivity contribution is 0.0753. The van der Waals surface area contributed by atoms with E-state index in [0.717, 1.165) is 35.6 Å². The summed E-state index contributed by atoms with van der Waals surface area (Å²) in [5.41, 5.74) is 2.94. The third kappa shape index (κ3) is 2.56. The van der Waals surface area contributed by atoms with Gasteiger partial charge in [-0.1, -0.05) is 0 Å². The molecule has 1 aliphatic heterocycles. The molecule has 116 valence electrons. The van der Waals surface area contributed by atoms with E-state index in [2.05, 4.69) is 9.97 Å². The van der Waals surface area contributed by atoms with Crippen molar-refractivity contribution in [3.8, 4) is 0 Å². The number of carbonyl (C=O) groups excluding carboxylic acids is 1. The van der Waals surface area contributed by atoms with Crippen molar-refractivity contribution in [2.45, 2.75) is 12.8 Å². The van der Waals surface area contributed by atoms with Gasteiger partial charge in [0, 0.05) is 52.4 Å². The van der Waals surface area contributed by atoms with Crippen molar-refractivity contribution >= 4 is 11.7 Å². The Kier molecular flexibility index (Phi) is 3.83. The van der Waals surface area contributed by atoms with Crippen molar-refractivity contribution in [3.05, 3.63) is 41.6 Å². The first-order valence-electron chi connectivity index (χ1n) is 7.48. The fourth-order valence-electron chi connectivity index (χ4n) is 2.94. The number of hydrogen-bond donors (Lipinski definition) is 0. The maximum absolute atomic E-state index is 12.7. The van der Waals surface area contributed by atoms with Gasteiger partial charge >= 0.3 is 0 Å². The molecule has 0 spiro atoms. The van der Waals surface area contributed by atoms with Gasteiger partial charge in [-0.05, 0) is 18.6 Å². The quantitative estimate of drug-likeness (QED) is 0.834. The van der Waals surface area contributed by atoms with Crippen LogP contribution in [-0.4, -0.2) is 52.5 Å². The van der Waals surface area contributed by atoms with Crippen LogP contribution in [0.2, 0.25) is 0 Å². The van der Waals surface area contributed by atoms with Crippen molar-refractivity contribution in [2.75, 3.05) is 32.1 Å². The molecule has 0 saturated carbocycles. The van der Waals surface area contributed by atoms with Gasteiger partial charge in [0.05, 0.1) is 5.69 Å². The van der Waals surface area contributed by atoms with Crippen LogP contribution >= 0.6 is 0 Å². The van der Waals surface area contributed by atoms with Crippen LogP contribution < -0.4 is 4.90 Å². The number of rotatable bonds is 2. The van der Waals surface area contributed by atoms with Gasteiger partial charge < -0.3 is 14.4 Å². The molecule has 22 heavy (non-hydrogen) atoms. The average Bonchev–Trinajstić information content (AvgIpc) is 2.81. The molecule has 0 atom stereocenters. The van der Waals surface area contributed by atoms with Gasteiger partial charge in [0.1, 0.15) is 17.8 Å². The molecule has 0 aliphatic carbocycles. The second-order valence-electron chi connectivity index (χ2n) is 5.81. The lowest BCUT2D eigenvalue weighted by Gasteiger charge is -2.20. The standard InChI is InChI=1S/C16H21N5O/c1-19(2)15-12-6-9-21(10-7-13(12)17-11-18-15)16(22)14-5-4-8-20(14)3/h4-5,8,11H,6-7,9-10H2,1-3H3. The number of nitrogens with zero attached hydrogens (tertiary/aromatic N) is 5. The van der Waals surface area contributed by atoms with Crippen LogP contribution in [0.3, 0.4) is 0 Å². The predicted molar refractivity (Wildman–Crippen MR) is 85.1 cm³/mol. The van der Waals surface area contributed by atoms with Crippen LogP contribution in [0.1, 0.15) is 21.7 Å². The molecule has 2 aromatic heterocycles. The third-order valence-corrected chi connectivity index (χ3v) is 4.14. The summed E-state index contributed by atoms with van der Waals surface area (Å²) in [5, 5.41) is 0. The Bertz CT molecular complexity index is 692. The minimum Gasteiger partial charge on any atom is -0.362 e. The molecule has 0 N–H and O–H groups in total. The van der Waals surface area contributed by atoms with Crippen molar-refractivity contribution < 1.29 is 4.79 Å². The van der Waals surface area contributed by atoms with E-state index in [1.54, 1.807) is 6.33 Å². The second-order valence-corrected chi connectivity index (χ2v) is 5.81. The predicted octanol–water partition coefficient (Wildman–Crippen LogP) is 1.12. The molecule has 6 nitrogen and oxygen atoms in total. The van der Waals surface area contributed by atoms with Crippen LogP contribution in [0.5, 0.6) is 0 Å². The molecule has 0 bridgehead atoms. The van der Waals surface area contributed by atoms with Crippen LogP contribution in [-0.2, 0) is 19.9 Å². The molecule has 1 amide bonds. The highest BCUT2D eigenvalue weighted by molar-refractivity contribution is 5.92. The molecule has 3 heterocycles. The molecule has 3 rings (SSSR count). The molecular formula is C16H21N5O. The Hall–Kier alpha value is -2.37. The number of anilines is 1. The Morgan fingerprint density at radius 1 is 1.23 bits per heavy atom. The van der Waals surface area contributed by atoms with Crippen molar-refractivity contribution in [1.29, 1.82) is 0 Å². The van der Waals surface area contributed by atoms with Crippen LogP contribution in [0.15, 0.2) is 24.7 Å². The van der Waals surface area contributed by atoms with E-state index in [0.29, 0.717) is 13.1 Å². The van der Waals surface area contributed by atoms with Crippen LogP contribution in [0, 0.1) is 0 Å². The van der Waals surface area contributed by atoms with Crippen molar-refractivity contribution in [1.82, 2.24) is 19.4 Å². The fourth-order valence-corrected chi connectivity index (χ4v) is 2.94. The molecule has 2 aromatic rings. The van der Waals surface area contributed by atoms with E-state index in [9.17, 15) is 4.79 Å². The van der Waals surface area contributed by atoms with Crippen molar-refractivity contribution in [2.24, 2.45) is 7.05 Å². The minimum atomic E-state index is 0.0830. The van der Waals surface area contributed by atoms with Gasteiger partial charge in [0.15, 0.2) is 0 Å². The highest BCUT2D eigenvalue weighted by atomic mass is 16.2. The first-order valence-corrected chi connectivity index (χ1v) is 7.48. The van der Waals surface area contributed by atoms with Gasteiger partial charge in [0.25, 0.3) is 5.91 Å². The Balaban J connectivity index is 1.83. The van der Waals surface area contributed by atoms with Gasteiger partial charge in [-0.25, -0.2) is 9.97 Å². The third-order valence-electron chi connectivity index (χ3n) is 4.14. The molecule has 6 heteroatoms. The Morgan fingerprint density at radius 2 is 2.00 bits per heavy atom. The zero-order chi connectivity index (χ0) is 15.7. The summed E-state index contributed by atoms with van der Waals surface area (Å²) < 4.78 is 1.87. The van der Waals surface area contributed by atoms with Gasteiger partial charge in [-0.2, -0.15) is 0 Å². The van der Waals surface area contributed by atoms with Crippen LogP contribution in [0.25, 0.3) is 0 Å². The minimum absolute atomic E-state index is 0.0830. The molecule has 0 fully saturated rings. The second kappa shape index (κ2) is 5.79. The number of carbonyl (C=O) groups is 1. The molecule has 1 aliphatic rings. The highest BCUT2D eigenvalue weighted by Crippen LogP contribution is 2.22. The lowest BCUT2D eigenvalue weighted by atomic mass is 10.1. The van der Waals surface area contributed by atoms with Crippen LogP contribution in [0.4, 0.5) is 5.82 Å². The molecule has 0 saturated heterocycles. The maximum atomic E-state index is 12.7. The Morgan fingerprint density at radius 3 is 2.68 bits per heavy atom. The zero-order valence-corrected chi connectivity index (χ0v) is 13.3. The van der Waals surface area contributed by atoms with E-state index < -0.39 is 0 Å². The summed E-state index contributed by atoms with van der Waals surface area (Å²) in [6, 6.07) is 3.76. The van der Waals surface area contributed by atoms with Crippen molar-refractivity contribution in [3.63, 3.8) is 0 Å². The monoisotopic (exact) mass is 299 g/mol. The number of amides is 1. The van der Waals surface area contributed by atoms with E-state index in [1.807, 2.05) is 53.8 Å². The van der Waals surface area contributed by atoms with E-state index >= 15 is 0 Å². The van der Waals surface area contributed by atoms with Gasteiger partial charge in [0.2, 0.25) is 0 Å². The summed E-state index contributed by atoms with van der Waals surface area (Å²) in [5.74, 6) is 1.04. The SMILES string of the molecule is CN(C)c1ncnc2c1CCN(C(=O)c1cccn1C)CC2. The summed E-state index contributed by atoms with van der Waals surface area (Å²) in [6.07, 6.45) is 5.08. The first kappa shape index (κ1) is 14.6. The normalized spacial score (nSPS) is 14.4. The topological polar surface area (TPSA) is 54.3 Å². The van der Waals surface area contributed by atoms with Gasteiger partial charge in [-0.15, -0.1) is 0 Å². The smallest absolute Gasteiger partial charge is 0.270 e. The molecule has 0 radical (unpaired) electrons. The summed E-state index contributed by atoms with van der Waals surface area (Å²) in [4.78, 5) is 25.4. The van der Waals surface area contributed by atoms with Gasteiger partial charge in [-0.3, -0.25) is 4.79 Å². The largest absolute Gasteiger partial charge is 0.362 e. The summed E-state index contributed by atoms with van der Waals surface area (Å²) >= 11 is 0. The number of fused-ring (bicyclic) bond motifs is 1. The number of hydrogen-bond acceptors (Lipinski definition) is 4. The average molecular weight is 299 g/mol. The zero-order valence-electron chi connectivity index (χ0n) is 13.3. The number of aromatic nitrogens is 3. The summed E-state index contributed by atoms with van der Waals surface area (Å²) in [6.45, 7) is 1.39.